The van der Waals surface area contributed by atoms with Gasteiger partial charge in [0.25, 0.3) is 0 Å². The van der Waals surface area contributed by atoms with Crippen LogP contribution in [-0.4, -0.2) is 112 Å². The lowest BCUT2D eigenvalue weighted by Gasteiger charge is -2.43. The van der Waals surface area contributed by atoms with Gasteiger partial charge in [-0.2, -0.15) is 0 Å². The number of ether oxygens (including phenoxy) is 5. The number of phenols is 2. The van der Waals surface area contributed by atoms with Crippen LogP contribution in [0.3, 0.4) is 0 Å². The second-order valence-electron chi connectivity index (χ2n) is 12.2. The smallest absolute Gasteiger partial charge is 0.200 e. The fourth-order valence-electron chi connectivity index (χ4n) is 7.58. The molecular formula is C31H34N2O12. The predicted octanol–water partition coefficient (Wildman–Crippen LogP) is 0.285. The van der Waals surface area contributed by atoms with E-state index >= 15 is 0 Å². The Morgan fingerprint density at radius 3 is 2.62 bits per heavy atom. The molecule has 2 aromatic rings. The van der Waals surface area contributed by atoms with Gasteiger partial charge < -0.3 is 49.8 Å². The second-order valence-corrected chi connectivity index (χ2v) is 12.2. The molecule has 0 radical (unpaired) electrons. The number of benzene rings is 2. The van der Waals surface area contributed by atoms with E-state index in [2.05, 4.69) is 4.90 Å². The molecule has 14 nitrogen and oxygen atoms in total. The molecule has 0 aromatic heterocycles. The van der Waals surface area contributed by atoms with Crippen LogP contribution in [0.5, 0.6) is 11.5 Å². The summed E-state index contributed by atoms with van der Waals surface area (Å²) in [6.07, 6.45) is -4.79. The number of rotatable bonds is 5. The maximum Gasteiger partial charge on any atom is 0.200 e. The Labute approximate surface area is 257 Å². The molecule has 3 saturated heterocycles. The first-order chi connectivity index (χ1) is 21.5. The van der Waals surface area contributed by atoms with Crippen molar-refractivity contribution in [2.75, 3.05) is 32.6 Å². The highest BCUT2D eigenvalue weighted by atomic mass is 16.7. The van der Waals surface area contributed by atoms with Crippen LogP contribution in [0.4, 0.5) is 5.69 Å². The number of nitrogens with zero attached hydrogens (tertiary/aromatic N) is 1. The van der Waals surface area contributed by atoms with Gasteiger partial charge in [-0.25, -0.2) is 0 Å². The van der Waals surface area contributed by atoms with Gasteiger partial charge in [0.2, 0.25) is 0 Å². The van der Waals surface area contributed by atoms with Crippen molar-refractivity contribution in [3.05, 3.63) is 51.6 Å². The van der Waals surface area contributed by atoms with E-state index in [1.165, 1.54) is 25.3 Å². The third-order valence-corrected chi connectivity index (χ3v) is 9.69. The van der Waals surface area contributed by atoms with Gasteiger partial charge in [0.05, 0.1) is 35.5 Å². The molecule has 7 rings (SSSR count). The molecule has 0 spiro atoms. The Morgan fingerprint density at radius 1 is 1.13 bits per heavy atom. The highest BCUT2D eigenvalue weighted by Crippen LogP contribution is 2.52. The maximum atomic E-state index is 13.7. The number of methoxy groups -OCH3 is 1. The summed E-state index contributed by atoms with van der Waals surface area (Å²) < 4.78 is 30.0. The van der Waals surface area contributed by atoms with E-state index in [-0.39, 0.29) is 40.1 Å². The van der Waals surface area contributed by atoms with Crippen LogP contribution in [0, 0.1) is 0 Å². The number of anilines is 1. The summed E-state index contributed by atoms with van der Waals surface area (Å²) in [6.45, 7) is 1.81. The van der Waals surface area contributed by atoms with E-state index in [1.54, 1.807) is 0 Å². The van der Waals surface area contributed by atoms with Crippen molar-refractivity contribution in [2.24, 2.45) is 0 Å². The number of fused-ring (bicyclic) bond motifs is 6. The molecule has 3 heterocycles. The highest BCUT2D eigenvalue weighted by Gasteiger charge is 2.55. The van der Waals surface area contributed by atoms with Crippen LogP contribution in [0.25, 0.3) is 0 Å². The zero-order valence-corrected chi connectivity index (χ0v) is 24.6. The lowest BCUT2D eigenvalue weighted by molar-refractivity contribution is -0.256. The molecule has 3 aliphatic heterocycles. The molecular weight excluding hydrogens is 592 g/mol. The fraction of sp³-hybridized carbons (Fsp3) is 0.516. The summed E-state index contributed by atoms with van der Waals surface area (Å²) >= 11 is 0. The Hall–Kier alpha value is -3.47. The van der Waals surface area contributed by atoms with E-state index in [4.69, 9.17) is 29.4 Å². The number of aliphatic hydroxyl groups excluding tert-OH is 1. The van der Waals surface area contributed by atoms with Crippen molar-refractivity contribution >= 4 is 23.0 Å². The molecule has 45 heavy (non-hydrogen) atoms. The normalized spacial score (nSPS) is 34.0. The highest BCUT2D eigenvalue weighted by molar-refractivity contribution is 6.32. The molecule has 8 atom stereocenters. The zero-order valence-electron chi connectivity index (χ0n) is 24.6. The minimum absolute atomic E-state index is 0.0267. The maximum absolute atomic E-state index is 13.7. The van der Waals surface area contributed by atoms with Crippen molar-refractivity contribution in [2.45, 2.75) is 74.9 Å². The number of aromatic hydroxyl groups is 2. The number of ketones is 3. The van der Waals surface area contributed by atoms with Gasteiger partial charge in [-0.15, -0.1) is 0 Å². The number of carbonyl (C=O) groups excluding carboxylic acids is 3. The molecule has 0 amide bonds. The molecule has 6 N–H and O–H groups in total. The molecule has 240 valence electrons. The average Bonchev–Trinajstić information content (AvgIpc) is 3.40. The first-order valence-electron chi connectivity index (χ1n) is 14.8. The Balaban J connectivity index is 1.29. The van der Waals surface area contributed by atoms with E-state index in [0.717, 1.165) is 0 Å². The van der Waals surface area contributed by atoms with E-state index in [9.17, 15) is 34.8 Å². The number of carbonyl (C=O) groups is 3. The SMILES string of the molecule is CO[C@H]1OCCN2C3C[C@H](O[C@H]4C[C@](O)(C(=O)CO)Cc5c(O)c6c(c(O)c54)C(=O)c4c(N)cccc4C6=O)O[C@@H](C)[C@H]3O[C@H]12. The summed E-state index contributed by atoms with van der Waals surface area (Å²) in [4.78, 5) is 42.3. The van der Waals surface area contributed by atoms with Gasteiger partial charge >= 0.3 is 0 Å². The van der Waals surface area contributed by atoms with Gasteiger partial charge in [-0.3, -0.25) is 19.3 Å². The standard InChI is InChI=1S/C31H34N2O12/c1-12-28-16(33-6-7-42-30(41-2)29(33)45-28)8-19(43-12)44-17-10-31(40,18(35)11-34)9-14-21(17)27(39)23-22(25(14)37)24(36)13-4-3-5-15(32)20(13)26(23)38/h3-5,12,16-17,19,28-30,34,37,39-40H,6-11,32H2,1-2H3/t12-,16?,17-,19-,28+,29+,30-,31-/m0/s1. The minimum atomic E-state index is -2.23. The number of nitrogens with two attached hydrogens (primary N) is 1. The predicted molar refractivity (Wildman–Crippen MR) is 152 cm³/mol. The van der Waals surface area contributed by atoms with Crippen molar-refractivity contribution in [3.8, 4) is 11.5 Å². The first-order valence-corrected chi connectivity index (χ1v) is 14.8. The van der Waals surface area contributed by atoms with Crippen molar-refractivity contribution in [1.29, 1.82) is 0 Å². The third-order valence-electron chi connectivity index (χ3n) is 9.69. The first kappa shape index (κ1) is 30.2. The summed E-state index contributed by atoms with van der Waals surface area (Å²) in [5.74, 6) is -3.77. The lowest BCUT2D eigenvalue weighted by atomic mass is 9.72. The number of phenolic OH excluding ortho intramolecular Hbond substituents is 2. The number of hydrogen-bond donors (Lipinski definition) is 5. The molecule has 5 aliphatic rings. The number of nitrogen functional groups attached to an aromatic ring is 1. The van der Waals surface area contributed by atoms with Crippen LogP contribution in [-0.2, 0) is 34.9 Å². The fourth-order valence-corrected chi connectivity index (χ4v) is 7.58. The van der Waals surface area contributed by atoms with Gasteiger partial charge in [-0.1, -0.05) is 12.1 Å². The van der Waals surface area contributed by atoms with Gasteiger partial charge in [0, 0.05) is 61.3 Å². The number of hydrogen-bond acceptors (Lipinski definition) is 14. The number of morpholine rings is 1. The van der Waals surface area contributed by atoms with Gasteiger partial charge in [-0.05, 0) is 13.0 Å². The summed E-state index contributed by atoms with van der Waals surface area (Å²) in [7, 11) is 1.53. The molecule has 3 fully saturated rings. The Bertz CT molecular complexity index is 1610. The molecule has 0 saturated carbocycles. The van der Waals surface area contributed by atoms with Gasteiger partial charge in [0.15, 0.2) is 36.2 Å². The molecule has 2 aromatic carbocycles. The average molecular weight is 627 g/mol. The van der Waals surface area contributed by atoms with Crippen molar-refractivity contribution in [1.82, 2.24) is 4.90 Å². The monoisotopic (exact) mass is 626 g/mol. The van der Waals surface area contributed by atoms with Crippen LogP contribution >= 0.6 is 0 Å². The number of Topliss-reactive ketones (excluding diaryl/α,β-unsaturated/α-hetero) is 1. The lowest BCUT2D eigenvalue weighted by Crippen LogP contribution is -2.55. The summed E-state index contributed by atoms with van der Waals surface area (Å²) in [6, 6.07) is 4.15. The second kappa shape index (κ2) is 10.8. The van der Waals surface area contributed by atoms with Crippen LogP contribution in [0.2, 0.25) is 0 Å². The largest absolute Gasteiger partial charge is 0.507 e. The van der Waals surface area contributed by atoms with Crippen molar-refractivity contribution in [3.63, 3.8) is 0 Å². The molecule has 0 bridgehead atoms. The number of aliphatic hydroxyl groups is 2. The van der Waals surface area contributed by atoms with E-state index in [1.807, 2.05) is 6.92 Å². The van der Waals surface area contributed by atoms with Gasteiger partial charge in [0.1, 0.15) is 29.8 Å². The topological polar surface area (TPSA) is 208 Å². The Morgan fingerprint density at radius 2 is 1.89 bits per heavy atom. The Kier molecular flexibility index (Phi) is 7.26. The minimum Gasteiger partial charge on any atom is -0.507 e. The molecule has 14 heteroatoms. The summed E-state index contributed by atoms with van der Waals surface area (Å²) in [5.41, 5.74) is 2.57. The van der Waals surface area contributed by atoms with Crippen molar-refractivity contribution < 1.29 is 58.5 Å². The van der Waals surface area contributed by atoms with Crippen LogP contribution in [0.15, 0.2) is 18.2 Å². The quantitative estimate of drug-likeness (QED) is 0.191. The third kappa shape index (κ3) is 4.43. The molecule has 1 unspecified atom stereocenters. The summed E-state index contributed by atoms with van der Waals surface area (Å²) in [5, 5.41) is 44.3. The molecule has 2 aliphatic carbocycles. The zero-order chi connectivity index (χ0) is 31.9. The van der Waals surface area contributed by atoms with E-state index in [0.29, 0.717) is 19.6 Å². The van der Waals surface area contributed by atoms with Crippen LogP contribution in [0.1, 0.15) is 68.8 Å². The van der Waals surface area contributed by atoms with Crippen LogP contribution < -0.4 is 5.73 Å². The van der Waals surface area contributed by atoms with E-state index < -0.39 is 96.0 Å².